The van der Waals surface area contributed by atoms with Crippen molar-refractivity contribution in [2.45, 2.75) is 81.8 Å². The Morgan fingerprint density at radius 1 is 1.14 bits per heavy atom. The number of alkyl halides is 3. The molecule has 7 rings (SSSR count). The summed E-state index contributed by atoms with van der Waals surface area (Å²) in [6.45, 7) is 0.352. The van der Waals surface area contributed by atoms with E-state index < -0.39 is 18.2 Å². The van der Waals surface area contributed by atoms with E-state index in [2.05, 4.69) is 30.2 Å². The highest BCUT2D eigenvalue weighted by Gasteiger charge is 2.46. The highest BCUT2D eigenvalue weighted by atomic mass is 19.4. The van der Waals surface area contributed by atoms with Gasteiger partial charge in [-0.25, -0.2) is 14.4 Å². The van der Waals surface area contributed by atoms with Gasteiger partial charge in [-0.3, -0.25) is 4.79 Å². The molecule has 0 bridgehead atoms. The van der Waals surface area contributed by atoms with Crippen molar-refractivity contribution >= 4 is 23.0 Å². The summed E-state index contributed by atoms with van der Waals surface area (Å²) in [5.41, 5.74) is 3.37. The number of hydrogen-bond donors (Lipinski definition) is 3. The van der Waals surface area contributed by atoms with Crippen LogP contribution in [0.5, 0.6) is 0 Å². The largest absolute Gasteiger partial charge is 0.410 e. The van der Waals surface area contributed by atoms with Gasteiger partial charge in [0, 0.05) is 33.0 Å². The van der Waals surface area contributed by atoms with E-state index in [1.165, 1.54) is 17.7 Å². The van der Waals surface area contributed by atoms with Crippen molar-refractivity contribution < 1.29 is 36.9 Å². The highest BCUT2D eigenvalue weighted by Crippen LogP contribution is 2.40. The summed E-state index contributed by atoms with van der Waals surface area (Å²) in [4.78, 5) is 31.8. The fourth-order valence-electron chi connectivity index (χ4n) is 4.41. The summed E-state index contributed by atoms with van der Waals surface area (Å²) < 4.78 is 53.2. The van der Waals surface area contributed by atoms with Crippen molar-refractivity contribution in [3.05, 3.63) is 41.0 Å². The Bertz CT molecular complexity index is 1400. The van der Waals surface area contributed by atoms with Crippen molar-refractivity contribution in [2.24, 2.45) is 0 Å². The zero-order valence-electron chi connectivity index (χ0n) is 24.1. The maximum Gasteiger partial charge on any atom is 0.410 e. The van der Waals surface area contributed by atoms with Crippen molar-refractivity contribution in [3.8, 4) is 0 Å². The average Bonchev–Trinajstić information content (AvgIpc) is 3.93. The topological polar surface area (TPSA) is 148 Å². The third kappa shape index (κ3) is 8.66. The number of H-pyrrole nitrogens is 1. The molecule has 2 aromatic heterocycles. The first-order valence-electron chi connectivity index (χ1n) is 14.4. The quantitative estimate of drug-likeness (QED) is 0.333. The van der Waals surface area contributed by atoms with Gasteiger partial charge in [0.15, 0.2) is 5.69 Å². The zero-order valence-corrected chi connectivity index (χ0v) is 24.1. The SMILES string of the molecule is CNC(=O)c1nonc1C1CC1.COC1CC1.O=C1NC(C(F)(F)F)CN1Cc1ccc2nc(CCOC3CC3)[nH]c2c1. The third-order valence-corrected chi connectivity index (χ3v) is 7.35. The van der Waals surface area contributed by atoms with E-state index in [-0.39, 0.29) is 19.0 Å². The number of aromatic amines is 1. The van der Waals surface area contributed by atoms with Gasteiger partial charge in [-0.15, -0.1) is 0 Å². The number of nitrogens with one attached hydrogen (secondary N) is 3. The molecule has 234 valence electrons. The van der Waals surface area contributed by atoms with Crippen LogP contribution in [0.3, 0.4) is 0 Å². The lowest BCUT2D eigenvalue weighted by Crippen LogP contribution is -2.40. The number of imidazole rings is 1. The van der Waals surface area contributed by atoms with Gasteiger partial charge in [-0.2, -0.15) is 13.2 Å². The number of benzene rings is 1. The van der Waals surface area contributed by atoms with Gasteiger partial charge >= 0.3 is 12.2 Å². The maximum atomic E-state index is 12.7. The summed E-state index contributed by atoms with van der Waals surface area (Å²) in [6, 6.07) is 2.89. The molecule has 4 aliphatic rings. The Labute approximate surface area is 246 Å². The van der Waals surface area contributed by atoms with Crippen molar-refractivity contribution in [3.63, 3.8) is 0 Å². The van der Waals surface area contributed by atoms with Crippen LogP contribution in [0.25, 0.3) is 11.0 Å². The van der Waals surface area contributed by atoms with E-state index in [1.807, 2.05) is 17.4 Å². The van der Waals surface area contributed by atoms with Crippen LogP contribution in [0.2, 0.25) is 0 Å². The molecule has 3 N–H and O–H groups in total. The number of aromatic nitrogens is 4. The standard InChI is InChI=1S/C17H19F3N4O2.C7H9N3O2.C4H8O/c18-17(19,20)14-9-24(16(25)23-14)8-10-1-4-12-13(7-10)22-15(21-12)5-6-26-11-2-3-11;1-8-7(11)6-5(4-2-3-4)9-12-10-6;1-5-4-2-3-4/h1,4,7,11,14H,2-3,5-6,8-9H2,(H,21,22)(H,23,25);4H,2-3H2,1H3,(H,8,11);4H,2-3H2,1H3. The minimum atomic E-state index is -4.44. The van der Waals surface area contributed by atoms with Gasteiger partial charge in [-0.1, -0.05) is 11.2 Å². The summed E-state index contributed by atoms with van der Waals surface area (Å²) in [5, 5.41) is 11.7. The van der Waals surface area contributed by atoms with Crippen molar-refractivity contribution in [1.29, 1.82) is 0 Å². The van der Waals surface area contributed by atoms with Gasteiger partial charge in [0.2, 0.25) is 0 Å². The van der Waals surface area contributed by atoms with E-state index in [4.69, 9.17) is 9.47 Å². The number of carbonyl (C=O) groups excluding carboxylic acids is 2. The molecule has 43 heavy (non-hydrogen) atoms. The van der Waals surface area contributed by atoms with E-state index in [9.17, 15) is 22.8 Å². The molecular weight excluding hydrogens is 571 g/mol. The molecule has 1 aromatic carbocycles. The second-order valence-corrected chi connectivity index (χ2v) is 11.1. The molecule has 1 saturated heterocycles. The lowest BCUT2D eigenvalue weighted by molar-refractivity contribution is -0.149. The molecule has 1 atom stereocenters. The van der Waals surface area contributed by atoms with Gasteiger partial charge in [0.25, 0.3) is 5.91 Å². The minimum Gasteiger partial charge on any atom is -0.381 e. The van der Waals surface area contributed by atoms with E-state index >= 15 is 0 Å². The van der Waals surface area contributed by atoms with E-state index in [1.54, 1.807) is 20.2 Å². The first-order valence-corrected chi connectivity index (χ1v) is 14.4. The zero-order chi connectivity index (χ0) is 30.6. The maximum absolute atomic E-state index is 12.7. The number of nitrogens with zero attached hydrogens (tertiary/aromatic N) is 4. The molecule has 3 aliphatic carbocycles. The lowest BCUT2D eigenvalue weighted by Gasteiger charge is -2.16. The number of halogens is 3. The molecule has 3 heterocycles. The van der Waals surface area contributed by atoms with E-state index in [0.29, 0.717) is 42.5 Å². The summed E-state index contributed by atoms with van der Waals surface area (Å²) in [7, 11) is 3.32. The molecule has 3 saturated carbocycles. The summed E-state index contributed by atoms with van der Waals surface area (Å²) in [6.07, 6.45) is 4.28. The monoisotopic (exact) mass is 607 g/mol. The molecule has 4 fully saturated rings. The minimum absolute atomic E-state index is 0.119. The molecular formula is C28H36F3N7O5. The number of carbonyl (C=O) groups is 2. The number of ether oxygens (including phenoxy) is 2. The average molecular weight is 608 g/mol. The Morgan fingerprint density at radius 3 is 2.47 bits per heavy atom. The van der Waals surface area contributed by atoms with E-state index in [0.717, 1.165) is 48.1 Å². The Balaban J connectivity index is 0.000000177. The highest BCUT2D eigenvalue weighted by molar-refractivity contribution is 5.93. The Kier molecular flexibility index (Phi) is 9.49. The van der Waals surface area contributed by atoms with Crippen LogP contribution < -0.4 is 10.6 Å². The third-order valence-electron chi connectivity index (χ3n) is 7.35. The molecule has 3 amide bonds. The molecule has 3 aromatic rings. The fraction of sp³-hybridized carbons (Fsp3) is 0.607. The summed E-state index contributed by atoms with van der Waals surface area (Å²) >= 11 is 0. The molecule has 12 nitrogen and oxygen atoms in total. The fourth-order valence-corrected chi connectivity index (χ4v) is 4.41. The van der Waals surface area contributed by atoms with Crippen molar-refractivity contribution in [2.75, 3.05) is 27.3 Å². The van der Waals surface area contributed by atoms with Crippen LogP contribution in [0.1, 0.15) is 72.0 Å². The van der Waals surface area contributed by atoms with Gasteiger partial charge < -0.3 is 30.0 Å². The normalized spacial score (nSPS) is 19.8. The van der Waals surface area contributed by atoms with Gasteiger partial charge in [0.1, 0.15) is 17.6 Å². The van der Waals surface area contributed by atoms with Gasteiger partial charge in [0.05, 0.1) is 36.4 Å². The predicted octanol–water partition coefficient (Wildman–Crippen LogP) is 3.84. The number of urea groups is 1. The van der Waals surface area contributed by atoms with Crippen LogP contribution >= 0.6 is 0 Å². The van der Waals surface area contributed by atoms with Crippen LogP contribution in [0.4, 0.5) is 18.0 Å². The molecule has 0 radical (unpaired) electrons. The molecule has 1 unspecified atom stereocenters. The van der Waals surface area contributed by atoms with Crippen LogP contribution in [0.15, 0.2) is 22.8 Å². The second-order valence-electron chi connectivity index (χ2n) is 11.1. The Morgan fingerprint density at radius 2 is 1.88 bits per heavy atom. The van der Waals surface area contributed by atoms with Gasteiger partial charge in [-0.05, 0) is 61.4 Å². The second kappa shape index (κ2) is 13.3. The first kappa shape index (κ1) is 30.7. The Hall–Kier alpha value is -3.72. The number of amides is 3. The summed E-state index contributed by atoms with van der Waals surface area (Å²) in [5.74, 6) is 0.982. The van der Waals surface area contributed by atoms with Crippen molar-refractivity contribution in [1.82, 2.24) is 35.8 Å². The number of hydrogen-bond acceptors (Lipinski definition) is 8. The van der Waals surface area contributed by atoms with Crippen LogP contribution in [-0.2, 0) is 22.4 Å². The first-order chi connectivity index (χ1) is 20.6. The van der Waals surface area contributed by atoms with Crippen LogP contribution in [-0.4, -0.2) is 88.9 Å². The molecule has 15 heteroatoms. The number of rotatable bonds is 9. The number of methoxy groups -OCH3 is 1. The lowest BCUT2D eigenvalue weighted by atomic mass is 10.2. The molecule has 1 aliphatic heterocycles. The smallest absolute Gasteiger partial charge is 0.381 e. The predicted molar refractivity (Wildman–Crippen MR) is 147 cm³/mol. The number of fused-ring (bicyclic) bond motifs is 1. The molecule has 0 spiro atoms. The van der Waals surface area contributed by atoms with Crippen LogP contribution in [0, 0.1) is 0 Å².